The summed E-state index contributed by atoms with van der Waals surface area (Å²) in [7, 11) is 0. The molecule has 0 aliphatic carbocycles. The van der Waals surface area contributed by atoms with Crippen molar-refractivity contribution in [2.45, 2.75) is 17.4 Å². The summed E-state index contributed by atoms with van der Waals surface area (Å²) in [4.78, 5) is 24.5. The molecule has 2 heterocycles. The van der Waals surface area contributed by atoms with Gasteiger partial charge in [-0.3, -0.25) is 9.59 Å². The van der Waals surface area contributed by atoms with Gasteiger partial charge in [0.25, 0.3) is 5.91 Å². The Hall–Kier alpha value is -3.13. The molecule has 0 fully saturated rings. The summed E-state index contributed by atoms with van der Waals surface area (Å²) in [6, 6.07) is 7.02. The smallest absolute Gasteiger partial charge is 0.325 e. The minimum Gasteiger partial charge on any atom is -0.325 e. The Morgan fingerprint density at radius 1 is 0.909 bits per heavy atom. The number of nitrogens with one attached hydrogen (secondary N) is 2. The van der Waals surface area contributed by atoms with Gasteiger partial charge >= 0.3 is 12.4 Å². The number of alkyl halides is 6. The number of anilines is 2. The molecule has 3 aromatic rings. The van der Waals surface area contributed by atoms with E-state index in [4.69, 9.17) is 0 Å². The highest BCUT2D eigenvalue weighted by Crippen LogP contribution is 2.37. The molecular weight excluding hydrogens is 494 g/mol. The molecule has 0 spiro atoms. The summed E-state index contributed by atoms with van der Waals surface area (Å²) in [5.74, 6) is -1.42. The fourth-order valence-corrected chi connectivity index (χ4v) is 3.65. The van der Waals surface area contributed by atoms with Crippen LogP contribution < -0.4 is 10.6 Å². The van der Waals surface area contributed by atoms with E-state index in [0.29, 0.717) is 17.0 Å². The van der Waals surface area contributed by atoms with Gasteiger partial charge in [0.15, 0.2) is 5.82 Å². The molecular formula is C19H12F6N4O2S2. The Labute approximate surface area is 190 Å². The van der Waals surface area contributed by atoms with Crippen LogP contribution in [0.25, 0.3) is 0 Å². The van der Waals surface area contributed by atoms with Crippen molar-refractivity contribution in [1.82, 2.24) is 10.2 Å². The first-order valence-electron chi connectivity index (χ1n) is 8.82. The number of rotatable bonds is 6. The highest BCUT2D eigenvalue weighted by atomic mass is 32.2. The first-order chi connectivity index (χ1) is 15.4. The van der Waals surface area contributed by atoms with E-state index in [0.717, 1.165) is 11.8 Å². The number of carbonyl (C=O) groups is 2. The third kappa shape index (κ3) is 6.92. The molecule has 174 valence electrons. The van der Waals surface area contributed by atoms with E-state index in [2.05, 4.69) is 15.5 Å². The van der Waals surface area contributed by atoms with Crippen LogP contribution in [-0.2, 0) is 17.1 Å². The van der Waals surface area contributed by atoms with E-state index in [9.17, 15) is 35.9 Å². The summed E-state index contributed by atoms with van der Waals surface area (Å²) in [6.07, 6.45) is -10.0. The van der Waals surface area contributed by atoms with Crippen LogP contribution in [0.4, 0.5) is 37.8 Å². The van der Waals surface area contributed by atoms with Crippen LogP contribution in [0.3, 0.4) is 0 Å². The van der Waals surface area contributed by atoms with Gasteiger partial charge in [0.1, 0.15) is 5.03 Å². The van der Waals surface area contributed by atoms with E-state index in [1.54, 1.807) is 17.5 Å². The standard InChI is InChI=1S/C19H12F6N4O2S2/c20-18(21,22)10-6-11(19(23,24)25)8-12(7-10)26-15(30)9-33-16-4-3-14(28-29-16)27-17(31)13-2-1-5-32-13/h1-8H,9H2,(H,26,30)(H,27,28,31). The van der Waals surface area contributed by atoms with Crippen molar-refractivity contribution in [3.05, 3.63) is 63.8 Å². The molecule has 1 aromatic carbocycles. The lowest BCUT2D eigenvalue weighted by molar-refractivity contribution is -0.143. The first-order valence-corrected chi connectivity index (χ1v) is 10.7. The van der Waals surface area contributed by atoms with Crippen LogP contribution in [0, 0.1) is 0 Å². The van der Waals surface area contributed by atoms with E-state index in [-0.39, 0.29) is 28.6 Å². The summed E-state index contributed by atoms with van der Waals surface area (Å²) in [5, 5.41) is 14.1. The first kappa shape index (κ1) is 24.5. The molecule has 0 saturated carbocycles. The van der Waals surface area contributed by atoms with Crippen LogP contribution in [0.2, 0.25) is 0 Å². The van der Waals surface area contributed by atoms with Gasteiger partial charge in [-0.2, -0.15) is 26.3 Å². The summed E-state index contributed by atoms with van der Waals surface area (Å²) >= 11 is 2.09. The molecule has 0 aliphatic rings. The van der Waals surface area contributed by atoms with Gasteiger partial charge < -0.3 is 10.6 Å². The Balaban J connectivity index is 1.60. The van der Waals surface area contributed by atoms with Gasteiger partial charge in [0.05, 0.1) is 21.8 Å². The van der Waals surface area contributed by atoms with E-state index in [1.165, 1.54) is 23.5 Å². The largest absolute Gasteiger partial charge is 0.416 e. The highest BCUT2D eigenvalue weighted by Gasteiger charge is 2.37. The van der Waals surface area contributed by atoms with Crippen molar-refractivity contribution in [2.24, 2.45) is 0 Å². The summed E-state index contributed by atoms with van der Waals surface area (Å²) < 4.78 is 77.5. The maximum atomic E-state index is 12.9. The predicted molar refractivity (Wildman–Crippen MR) is 110 cm³/mol. The van der Waals surface area contributed by atoms with Crippen molar-refractivity contribution in [1.29, 1.82) is 0 Å². The van der Waals surface area contributed by atoms with Crippen molar-refractivity contribution in [3.63, 3.8) is 0 Å². The minimum atomic E-state index is -5.02. The molecule has 33 heavy (non-hydrogen) atoms. The number of nitrogens with zero attached hydrogens (tertiary/aromatic N) is 2. The number of aromatic nitrogens is 2. The lowest BCUT2D eigenvalue weighted by Crippen LogP contribution is -2.17. The topological polar surface area (TPSA) is 84.0 Å². The van der Waals surface area contributed by atoms with Crippen LogP contribution in [0.15, 0.2) is 52.9 Å². The molecule has 2 N–H and O–H groups in total. The zero-order valence-electron chi connectivity index (χ0n) is 16.1. The maximum Gasteiger partial charge on any atom is 0.416 e. The molecule has 0 bridgehead atoms. The molecule has 3 rings (SSSR count). The number of carbonyl (C=O) groups excluding carboxylic acids is 2. The highest BCUT2D eigenvalue weighted by molar-refractivity contribution is 7.99. The number of hydrogen-bond acceptors (Lipinski definition) is 6. The van der Waals surface area contributed by atoms with Crippen LogP contribution in [0.5, 0.6) is 0 Å². The monoisotopic (exact) mass is 506 g/mol. The SMILES string of the molecule is O=C(CSc1ccc(NC(=O)c2cccs2)nn1)Nc1cc(C(F)(F)F)cc(C(F)(F)F)c1. The zero-order chi connectivity index (χ0) is 24.2. The van der Waals surface area contributed by atoms with Gasteiger partial charge in [-0.15, -0.1) is 21.5 Å². The fourth-order valence-electron chi connectivity index (χ4n) is 2.41. The number of thioether (sulfide) groups is 1. The van der Waals surface area contributed by atoms with Gasteiger partial charge in [-0.05, 0) is 41.8 Å². The van der Waals surface area contributed by atoms with Crippen LogP contribution >= 0.6 is 23.1 Å². The molecule has 2 aromatic heterocycles. The molecule has 0 aliphatic heterocycles. The van der Waals surface area contributed by atoms with Crippen molar-refractivity contribution in [3.8, 4) is 0 Å². The Morgan fingerprint density at radius 3 is 2.09 bits per heavy atom. The quantitative estimate of drug-likeness (QED) is 0.338. The third-order valence-corrected chi connectivity index (χ3v) is 5.64. The average molecular weight is 506 g/mol. The van der Waals surface area contributed by atoms with Gasteiger partial charge in [0.2, 0.25) is 5.91 Å². The Morgan fingerprint density at radius 2 is 1.58 bits per heavy atom. The van der Waals surface area contributed by atoms with Crippen LogP contribution in [-0.4, -0.2) is 27.8 Å². The van der Waals surface area contributed by atoms with E-state index >= 15 is 0 Å². The molecule has 0 saturated heterocycles. The lowest BCUT2D eigenvalue weighted by atomic mass is 10.1. The number of amides is 2. The van der Waals surface area contributed by atoms with E-state index in [1.807, 2.05) is 5.32 Å². The number of halogens is 6. The van der Waals surface area contributed by atoms with Gasteiger partial charge in [0, 0.05) is 5.69 Å². The Bertz CT molecular complexity index is 1100. The predicted octanol–water partition coefficient (Wildman–Crippen LogP) is 5.56. The van der Waals surface area contributed by atoms with Crippen LogP contribution in [0.1, 0.15) is 20.8 Å². The number of hydrogen-bond donors (Lipinski definition) is 2. The Kier molecular flexibility index (Phi) is 7.27. The van der Waals surface area contributed by atoms with Crippen molar-refractivity contribution >= 4 is 46.4 Å². The second-order valence-corrected chi connectivity index (χ2v) is 8.26. The zero-order valence-corrected chi connectivity index (χ0v) is 17.8. The van der Waals surface area contributed by atoms with Crippen molar-refractivity contribution < 1.29 is 35.9 Å². The van der Waals surface area contributed by atoms with Gasteiger partial charge in [-0.1, -0.05) is 17.8 Å². The van der Waals surface area contributed by atoms with Gasteiger partial charge in [-0.25, -0.2) is 0 Å². The normalized spacial score (nSPS) is 11.8. The van der Waals surface area contributed by atoms with Crippen molar-refractivity contribution in [2.75, 3.05) is 16.4 Å². The second-order valence-electron chi connectivity index (χ2n) is 6.32. The number of benzene rings is 1. The third-order valence-electron chi connectivity index (χ3n) is 3.85. The fraction of sp³-hybridized carbons (Fsp3) is 0.158. The lowest BCUT2D eigenvalue weighted by Gasteiger charge is -2.14. The van der Waals surface area contributed by atoms with E-state index < -0.39 is 35.1 Å². The molecule has 14 heteroatoms. The summed E-state index contributed by atoms with van der Waals surface area (Å²) in [5.41, 5.74) is -3.71. The second kappa shape index (κ2) is 9.79. The molecule has 6 nitrogen and oxygen atoms in total. The molecule has 0 unspecified atom stereocenters. The average Bonchev–Trinajstić information content (AvgIpc) is 3.27. The summed E-state index contributed by atoms with van der Waals surface area (Å²) in [6.45, 7) is 0. The minimum absolute atomic E-state index is 0.0290. The molecule has 0 atom stereocenters. The molecule has 0 radical (unpaired) electrons. The molecule has 2 amide bonds. The number of thiophene rings is 1. The maximum absolute atomic E-state index is 12.9.